The third-order valence-corrected chi connectivity index (χ3v) is 5.43. The zero-order valence-electron chi connectivity index (χ0n) is 16.7. The number of aryl methyl sites for hydroxylation is 2. The van der Waals surface area contributed by atoms with Crippen molar-refractivity contribution in [2.24, 2.45) is 0 Å². The van der Waals surface area contributed by atoms with Crippen LogP contribution in [0.3, 0.4) is 0 Å². The van der Waals surface area contributed by atoms with Gasteiger partial charge in [0.15, 0.2) is 11.5 Å². The highest BCUT2D eigenvalue weighted by molar-refractivity contribution is 7.13. The molecule has 0 aliphatic rings. The minimum absolute atomic E-state index is 0.115. The molecule has 0 aliphatic heterocycles. The Morgan fingerprint density at radius 2 is 1.96 bits per heavy atom. The number of hydrogen-bond donors (Lipinski definition) is 1. The molecule has 1 amide bonds. The minimum Gasteiger partial charge on any atom is -0.493 e. The van der Waals surface area contributed by atoms with Crippen molar-refractivity contribution < 1.29 is 18.7 Å². The van der Waals surface area contributed by atoms with E-state index < -0.39 is 0 Å². The van der Waals surface area contributed by atoms with E-state index in [1.165, 1.54) is 0 Å². The van der Waals surface area contributed by atoms with Crippen LogP contribution in [0, 0.1) is 13.8 Å². The molecule has 2 aromatic heterocycles. The first-order valence-corrected chi connectivity index (χ1v) is 9.83. The fourth-order valence-electron chi connectivity index (χ4n) is 3.08. The minimum atomic E-state index is -0.184. The van der Waals surface area contributed by atoms with Crippen LogP contribution in [0.1, 0.15) is 35.5 Å². The Bertz CT molecular complexity index is 963. The summed E-state index contributed by atoms with van der Waals surface area (Å²) in [4.78, 5) is 18.0. The van der Waals surface area contributed by atoms with Gasteiger partial charge in [-0.2, -0.15) is 0 Å². The molecule has 7 heteroatoms. The summed E-state index contributed by atoms with van der Waals surface area (Å²) in [7, 11) is 3.20. The van der Waals surface area contributed by atoms with Gasteiger partial charge in [-0.25, -0.2) is 4.98 Å². The lowest BCUT2D eigenvalue weighted by Gasteiger charge is -2.19. The Morgan fingerprint density at radius 1 is 1.25 bits per heavy atom. The molecule has 0 saturated heterocycles. The lowest BCUT2D eigenvalue weighted by molar-refractivity contribution is -0.121. The monoisotopic (exact) mass is 400 g/mol. The van der Waals surface area contributed by atoms with Crippen molar-refractivity contribution in [2.75, 3.05) is 14.2 Å². The largest absolute Gasteiger partial charge is 0.493 e. The first kappa shape index (κ1) is 19.9. The average molecular weight is 401 g/mol. The van der Waals surface area contributed by atoms with E-state index in [2.05, 4.69) is 10.3 Å². The van der Waals surface area contributed by atoms with Gasteiger partial charge >= 0.3 is 0 Å². The Hall–Kier alpha value is -2.80. The second-order valence-electron chi connectivity index (χ2n) is 6.53. The molecule has 2 heterocycles. The second kappa shape index (κ2) is 8.48. The topological polar surface area (TPSA) is 73.6 Å². The number of carbonyl (C=O) groups excluding carboxylic acids is 1. The SMILES string of the molecule is COc1cc(C)c(C(C)NC(=O)Cc2nc(-c3cccs3)oc2C)cc1OC. The van der Waals surface area contributed by atoms with E-state index in [9.17, 15) is 4.79 Å². The van der Waals surface area contributed by atoms with E-state index in [1.54, 1.807) is 25.6 Å². The van der Waals surface area contributed by atoms with Crippen LogP contribution in [0.2, 0.25) is 0 Å². The smallest absolute Gasteiger partial charge is 0.236 e. The van der Waals surface area contributed by atoms with Crippen LogP contribution in [0.5, 0.6) is 11.5 Å². The predicted molar refractivity (Wildman–Crippen MR) is 109 cm³/mol. The van der Waals surface area contributed by atoms with Crippen LogP contribution in [0.15, 0.2) is 34.1 Å². The number of carbonyl (C=O) groups is 1. The number of nitrogens with zero attached hydrogens (tertiary/aromatic N) is 1. The molecule has 1 unspecified atom stereocenters. The number of amides is 1. The molecule has 0 bridgehead atoms. The summed E-state index contributed by atoms with van der Waals surface area (Å²) in [6.07, 6.45) is 0.164. The van der Waals surface area contributed by atoms with Crippen LogP contribution >= 0.6 is 11.3 Å². The van der Waals surface area contributed by atoms with Crippen LogP contribution in [0.4, 0.5) is 0 Å². The molecule has 0 fully saturated rings. The van der Waals surface area contributed by atoms with E-state index in [0.717, 1.165) is 16.0 Å². The molecule has 1 atom stereocenters. The normalized spacial score (nSPS) is 11.9. The van der Waals surface area contributed by atoms with Crippen molar-refractivity contribution >= 4 is 17.2 Å². The van der Waals surface area contributed by atoms with E-state index in [4.69, 9.17) is 13.9 Å². The van der Waals surface area contributed by atoms with E-state index in [-0.39, 0.29) is 18.4 Å². The summed E-state index contributed by atoms with van der Waals surface area (Å²) in [5.41, 5.74) is 2.64. The zero-order chi connectivity index (χ0) is 20.3. The number of aromatic nitrogens is 1. The van der Waals surface area contributed by atoms with Gasteiger partial charge in [-0.3, -0.25) is 4.79 Å². The fraction of sp³-hybridized carbons (Fsp3) is 0.333. The number of oxazole rings is 1. The van der Waals surface area contributed by atoms with E-state index >= 15 is 0 Å². The molecule has 6 nitrogen and oxygen atoms in total. The molecule has 3 rings (SSSR count). The molecule has 0 saturated carbocycles. The Labute approximate surface area is 168 Å². The lowest BCUT2D eigenvalue weighted by atomic mass is 10.0. The van der Waals surface area contributed by atoms with E-state index in [1.807, 2.05) is 50.4 Å². The zero-order valence-corrected chi connectivity index (χ0v) is 17.5. The maximum atomic E-state index is 12.6. The molecular weight excluding hydrogens is 376 g/mol. The number of methoxy groups -OCH3 is 2. The van der Waals surface area contributed by atoms with Gasteiger partial charge in [0, 0.05) is 0 Å². The maximum Gasteiger partial charge on any atom is 0.236 e. The first-order valence-electron chi connectivity index (χ1n) is 8.95. The summed E-state index contributed by atoms with van der Waals surface area (Å²) >= 11 is 1.55. The summed E-state index contributed by atoms with van der Waals surface area (Å²) in [5.74, 6) is 2.40. The molecule has 1 aromatic carbocycles. The molecule has 0 radical (unpaired) electrons. The number of thiophene rings is 1. The van der Waals surface area contributed by atoms with Crippen LogP contribution in [0.25, 0.3) is 10.8 Å². The summed E-state index contributed by atoms with van der Waals surface area (Å²) < 4.78 is 16.4. The van der Waals surface area contributed by atoms with Crippen LogP contribution in [-0.2, 0) is 11.2 Å². The van der Waals surface area contributed by atoms with Crippen LogP contribution in [-0.4, -0.2) is 25.1 Å². The van der Waals surface area contributed by atoms with Gasteiger partial charge in [0.1, 0.15) is 5.76 Å². The standard InChI is InChI=1S/C21H24N2O4S/c1-12-9-17(25-4)18(26-5)10-15(12)13(2)22-20(24)11-16-14(3)27-21(23-16)19-7-6-8-28-19/h6-10,13H,11H2,1-5H3,(H,22,24). The fourth-order valence-corrected chi connectivity index (χ4v) is 3.73. The van der Waals surface area contributed by atoms with Crippen LogP contribution < -0.4 is 14.8 Å². The van der Waals surface area contributed by atoms with Crippen molar-refractivity contribution in [3.63, 3.8) is 0 Å². The summed E-state index contributed by atoms with van der Waals surface area (Å²) in [6.45, 7) is 5.75. The Kier molecular flexibility index (Phi) is 6.04. The third kappa shape index (κ3) is 4.20. The number of benzene rings is 1. The predicted octanol–water partition coefficient (Wildman–Crippen LogP) is 4.46. The van der Waals surface area contributed by atoms with Gasteiger partial charge in [-0.15, -0.1) is 11.3 Å². The van der Waals surface area contributed by atoms with Gasteiger partial charge in [0.25, 0.3) is 0 Å². The number of nitrogens with one attached hydrogen (secondary N) is 1. The number of hydrogen-bond acceptors (Lipinski definition) is 6. The molecular formula is C21H24N2O4S. The van der Waals surface area contributed by atoms with Crippen molar-refractivity contribution in [1.29, 1.82) is 0 Å². The first-order chi connectivity index (χ1) is 13.4. The molecule has 3 aromatic rings. The highest BCUT2D eigenvalue weighted by atomic mass is 32.1. The maximum absolute atomic E-state index is 12.6. The quantitative estimate of drug-likeness (QED) is 0.634. The highest BCUT2D eigenvalue weighted by Gasteiger charge is 2.19. The molecule has 0 spiro atoms. The van der Waals surface area contributed by atoms with Gasteiger partial charge in [-0.05, 0) is 55.5 Å². The molecule has 1 N–H and O–H groups in total. The lowest BCUT2D eigenvalue weighted by Crippen LogP contribution is -2.28. The summed E-state index contributed by atoms with van der Waals surface area (Å²) in [5, 5.41) is 5.00. The van der Waals surface area contributed by atoms with Gasteiger partial charge in [-0.1, -0.05) is 6.07 Å². The highest BCUT2D eigenvalue weighted by Crippen LogP contribution is 2.33. The number of rotatable bonds is 7. The average Bonchev–Trinajstić information content (AvgIpc) is 3.31. The van der Waals surface area contributed by atoms with E-state index in [0.29, 0.717) is 28.8 Å². The Morgan fingerprint density at radius 3 is 2.61 bits per heavy atom. The van der Waals surface area contributed by atoms with Crippen molar-refractivity contribution in [2.45, 2.75) is 33.2 Å². The summed E-state index contributed by atoms with van der Waals surface area (Å²) in [6, 6.07) is 7.51. The van der Waals surface area contributed by atoms with Crippen molar-refractivity contribution in [3.8, 4) is 22.3 Å². The molecule has 28 heavy (non-hydrogen) atoms. The molecule has 0 aliphatic carbocycles. The third-order valence-electron chi connectivity index (χ3n) is 4.57. The molecule has 148 valence electrons. The number of ether oxygens (including phenoxy) is 2. The van der Waals surface area contributed by atoms with Gasteiger partial charge in [0.2, 0.25) is 11.8 Å². The van der Waals surface area contributed by atoms with Crippen molar-refractivity contribution in [1.82, 2.24) is 10.3 Å². The van der Waals surface area contributed by atoms with Gasteiger partial charge in [0.05, 0.1) is 37.3 Å². The van der Waals surface area contributed by atoms with Crippen molar-refractivity contribution in [3.05, 3.63) is 52.2 Å². The van der Waals surface area contributed by atoms with Gasteiger partial charge < -0.3 is 19.2 Å². The second-order valence-corrected chi connectivity index (χ2v) is 7.48. The Balaban J connectivity index is 1.72.